The van der Waals surface area contributed by atoms with Crippen LogP contribution in [0.15, 0.2) is 10.9 Å². The van der Waals surface area contributed by atoms with Crippen LogP contribution in [0.25, 0.3) is 0 Å². The normalized spacial score (nSPS) is 17.5. The van der Waals surface area contributed by atoms with Crippen LogP contribution in [0.5, 0.6) is 0 Å². The number of aliphatic carboxylic acids is 1. The molecule has 1 fully saturated rings. The van der Waals surface area contributed by atoms with Crippen LogP contribution in [0.2, 0.25) is 0 Å². The summed E-state index contributed by atoms with van der Waals surface area (Å²) in [6, 6.07) is 0. The van der Waals surface area contributed by atoms with E-state index in [-0.39, 0.29) is 12.5 Å². The Morgan fingerprint density at radius 3 is 2.75 bits per heavy atom. The second-order valence-corrected chi connectivity index (χ2v) is 4.71. The summed E-state index contributed by atoms with van der Waals surface area (Å²) in [6.45, 7) is 0.193. The maximum Gasteiger partial charge on any atom is 0.311 e. The number of aromatic nitrogens is 1. The maximum atomic E-state index is 11.6. The van der Waals surface area contributed by atoms with Gasteiger partial charge in [-0.25, -0.2) is 4.98 Å². The van der Waals surface area contributed by atoms with E-state index in [1.165, 1.54) is 11.3 Å². The molecule has 1 aliphatic carbocycles. The topological polar surface area (TPSA) is 79.3 Å². The van der Waals surface area contributed by atoms with Crippen molar-refractivity contribution >= 4 is 23.2 Å². The molecule has 1 aromatic rings. The van der Waals surface area contributed by atoms with Crippen molar-refractivity contribution in [2.75, 3.05) is 6.54 Å². The Kier molecular flexibility index (Phi) is 2.91. The number of carboxylic acids is 1. The van der Waals surface area contributed by atoms with Gasteiger partial charge in [0.25, 0.3) is 5.91 Å². The number of thiazole rings is 1. The molecule has 16 heavy (non-hydrogen) atoms. The molecular formula is C10H12N2O3S. The molecule has 0 spiro atoms. The SMILES string of the molecule is O=C(NCC1(C(=O)O)CCC1)c1cscn1. The number of amides is 1. The molecule has 0 atom stereocenters. The molecule has 0 unspecified atom stereocenters. The summed E-state index contributed by atoms with van der Waals surface area (Å²) in [5.41, 5.74) is 1.18. The monoisotopic (exact) mass is 240 g/mol. The van der Waals surface area contributed by atoms with Crippen molar-refractivity contribution in [1.29, 1.82) is 0 Å². The molecule has 2 N–H and O–H groups in total. The number of nitrogens with one attached hydrogen (secondary N) is 1. The molecule has 1 aliphatic rings. The zero-order valence-electron chi connectivity index (χ0n) is 8.60. The predicted octanol–water partition coefficient (Wildman–Crippen LogP) is 1.13. The molecule has 1 amide bonds. The lowest BCUT2D eigenvalue weighted by molar-refractivity contribution is -0.153. The Morgan fingerprint density at radius 2 is 2.31 bits per heavy atom. The first kappa shape index (κ1) is 11.1. The third-order valence-corrected chi connectivity index (χ3v) is 3.60. The van der Waals surface area contributed by atoms with E-state index in [4.69, 9.17) is 5.11 Å². The molecule has 1 aromatic heterocycles. The van der Waals surface area contributed by atoms with E-state index in [0.29, 0.717) is 18.5 Å². The summed E-state index contributed by atoms with van der Waals surface area (Å²) in [5.74, 6) is -1.12. The average molecular weight is 240 g/mol. The van der Waals surface area contributed by atoms with Gasteiger partial charge >= 0.3 is 5.97 Å². The minimum Gasteiger partial charge on any atom is -0.481 e. The van der Waals surface area contributed by atoms with Crippen molar-refractivity contribution in [3.05, 3.63) is 16.6 Å². The van der Waals surface area contributed by atoms with E-state index >= 15 is 0 Å². The number of hydrogen-bond acceptors (Lipinski definition) is 4. The van der Waals surface area contributed by atoms with E-state index in [2.05, 4.69) is 10.3 Å². The molecule has 2 rings (SSSR count). The molecule has 5 nitrogen and oxygen atoms in total. The second-order valence-electron chi connectivity index (χ2n) is 4.00. The lowest BCUT2D eigenvalue weighted by Crippen LogP contribution is -2.47. The number of rotatable bonds is 4. The Morgan fingerprint density at radius 1 is 1.56 bits per heavy atom. The summed E-state index contributed by atoms with van der Waals surface area (Å²) in [5, 5.41) is 13.3. The number of hydrogen-bond donors (Lipinski definition) is 2. The minimum atomic E-state index is -0.822. The maximum absolute atomic E-state index is 11.6. The third-order valence-electron chi connectivity index (χ3n) is 3.02. The van der Waals surface area contributed by atoms with Crippen LogP contribution >= 0.6 is 11.3 Å². The Balaban J connectivity index is 1.92. The average Bonchev–Trinajstić information content (AvgIpc) is 2.67. The zero-order valence-corrected chi connectivity index (χ0v) is 9.42. The van der Waals surface area contributed by atoms with E-state index in [1.807, 2.05) is 0 Å². The van der Waals surface area contributed by atoms with Crippen LogP contribution in [0.3, 0.4) is 0 Å². The number of nitrogens with zero attached hydrogens (tertiary/aromatic N) is 1. The van der Waals surface area contributed by atoms with Crippen molar-refractivity contribution in [2.45, 2.75) is 19.3 Å². The van der Waals surface area contributed by atoms with Crippen LogP contribution < -0.4 is 5.32 Å². The zero-order chi connectivity index (χ0) is 11.6. The summed E-state index contributed by atoms with van der Waals surface area (Å²) in [6.07, 6.45) is 2.19. The molecule has 0 saturated heterocycles. The number of carboxylic acid groups (broad SMARTS) is 1. The quantitative estimate of drug-likeness (QED) is 0.826. The summed E-state index contributed by atoms with van der Waals surface area (Å²) in [4.78, 5) is 26.5. The Labute approximate surface area is 96.5 Å². The van der Waals surface area contributed by atoms with Gasteiger partial charge in [0.2, 0.25) is 0 Å². The highest BCUT2D eigenvalue weighted by molar-refractivity contribution is 7.07. The highest BCUT2D eigenvalue weighted by atomic mass is 32.1. The van der Waals surface area contributed by atoms with Crippen LogP contribution in [0.4, 0.5) is 0 Å². The molecule has 0 bridgehead atoms. The molecule has 86 valence electrons. The van der Waals surface area contributed by atoms with Crippen molar-refractivity contribution in [3.8, 4) is 0 Å². The van der Waals surface area contributed by atoms with Gasteiger partial charge in [0.1, 0.15) is 5.69 Å². The van der Waals surface area contributed by atoms with Gasteiger partial charge in [0.05, 0.1) is 10.9 Å². The fourth-order valence-electron chi connectivity index (χ4n) is 1.73. The van der Waals surface area contributed by atoms with Gasteiger partial charge in [0.15, 0.2) is 0 Å². The molecule has 0 aromatic carbocycles. The summed E-state index contributed by atoms with van der Waals surface area (Å²) >= 11 is 1.34. The third kappa shape index (κ3) is 1.92. The van der Waals surface area contributed by atoms with Crippen LogP contribution in [-0.2, 0) is 4.79 Å². The second kappa shape index (κ2) is 4.21. The standard InChI is InChI=1S/C10H12N2O3S/c13-8(7-4-16-6-12-7)11-5-10(9(14)15)2-1-3-10/h4,6H,1-3,5H2,(H,11,13)(H,14,15). The fraction of sp³-hybridized carbons (Fsp3) is 0.500. The summed E-state index contributed by atoms with van der Waals surface area (Å²) in [7, 11) is 0. The van der Waals surface area contributed by atoms with Gasteiger partial charge in [-0.05, 0) is 12.8 Å². The van der Waals surface area contributed by atoms with Gasteiger partial charge in [-0.1, -0.05) is 6.42 Å². The smallest absolute Gasteiger partial charge is 0.311 e. The van der Waals surface area contributed by atoms with Crippen molar-refractivity contribution < 1.29 is 14.7 Å². The fourth-order valence-corrected chi connectivity index (χ4v) is 2.27. The van der Waals surface area contributed by atoms with E-state index in [1.54, 1.807) is 10.9 Å². The van der Waals surface area contributed by atoms with Crippen LogP contribution in [-0.4, -0.2) is 28.5 Å². The van der Waals surface area contributed by atoms with Gasteiger partial charge in [-0.3, -0.25) is 9.59 Å². The van der Waals surface area contributed by atoms with Gasteiger partial charge in [-0.15, -0.1) is 11.3 Å². The van der Waals surface area contributed by atoms with Gasteiger partial charge in [0, 0.05) is 11.9 Å². The minimum absolute atomic E-state index is 0.193. The first-order valence-corrected chi connectivity index (χ1v) is 5.98. The largest absolute Gasteiger partial charge is 0.481 e. The Hall–Kier alpha value is -1.43. The first-order valence-electron chi connectivity index (χ1n) is 5.04. The van der Waals surface area contributed by atoms with Crippen molar-refractivity contribution in [1.82, 2.24) is 10.3 Å². The molecule has 0 radical (unpaired) electrons. The van der Waals surface area contributed by atoms with Crippen molar-refractivity contribution in [2.24, 2.45) is 5.41 Å². The van der Waals surface area contributed by atoms with Crippen LogP contribution in [0.1, 0.15) is 29.8 Å². The molecule has 6 heteroatoms. The van der Waals surface area contributed by atoms with Gasteiger partial charge in [-0.2, -0.15) is 0 Å². The summed E-state index contributed by atoms with van der Waals surface area (Å²) < 4.78 is 0. The molecule has 0 aliphatic heterocycles. The van der Waals surface area contributed by atoms with E-state index in [9.17, 15) is 9.59 Å². The highest BCUT2D eigenvalue weighted by Crippen LogP contribution is 2.40. The molecular weight excluding hydrogens is 228 g/mol. The lowest BCUT2D eigenvalue weighted by atomic mass is 9.69. The number of carbonyl (C=O) groups excluding carboxylic acids is 1. The van der Waals surface area contributed by atoms with Crippen LogP contribution in [0, 0.1) is 5.41 Å². The van der Waals surface area contributed by atoms with E-state index < -0.39 is 11.4 Å². The van der Waals surface area contributed by atoms with Crippen molar-refractivity contribution in [3.63, 3.8) is 0 Å². The first-order chi connectivity index (χ1) is 7.64. The van der Waals surface area contributed by atoms with E-state index in [0.717, 1.165) is 6.42 Å². The lowest BCUT2D eigenvalue weighted by Gasteiger charge is -2.37. The molecule has 1 heterocycles. The highest BCUT2D eigenvalue weighted by Gasteiger charge is 2.44. The molecule has 1 saturated carbocycles. The predicted molar refractivity (Wildman–Crippen MR) is 58.4 cm³/mol. The van der Waals surface area contributed by atoms with Gasteiger partial charge < -0.3 is 10.4 Å². The Bertz CT molecular complexity index is 398. The number of carbonyl (C=O) groups is 2.